The van der Waals surface area contributed by atoms with Gasteiger partial charge in [0.25, 0.3) is 0 Å². The zero-order valence-electron chi connectivity index (χ0n) is 19.9. The highest BCUT2D eigenvalue weighted by atomic mass is 19.4. The summed E-state index contributed by atoms with van der Waals surface area (Å²) in [6, 6.07) is 10.8. The lowest BCUT2D eigenvalue weighted by molar-refractivity contribution is -0.137. The van der Waals surface area contributed by atoms with E-state index in [1.54, 1.807) is 13.2 Å². The molecule has 0 aromatic heterocycles. The Bertz CT molecular complexity index is 1110. The SMILES string of the molecule is COc1ccc(CC/C=C(/C(=O)O)c2cccc(C(F)(F)F)c2)c(C23CC4CC(CC(C4)C2)C3)c1. The standard InChI is InChI=1S/C29H31F3O3/c1-35-24-9-8-21(26(14-24)28-15-18-10-19(16-28)12-20(11-18)17-28)4-3-7-25(27(33)34)22-5-2-6-23(13-22)29(30,31)32/h2,5-9,13-14,18-20H,3-4,10-12,15-17H2,1H3,(H,33,34)/b25-7+. The number of halogens is 3. The van der Waals surface area contributed by atoms with Crippen molar-refractivity contribution in [3.63, 3.8) is 0 Å². The Morgan fingerprint density at radius 2 is 1.71 bits per heavy atom. The molecule has 0 heterocycles. The van der Waals surface area contributed by atoms with Gasteiger partial charge < -0.3 is 9.84 Å². The number of allylic oxidation sites excluding steroid dienone is 1. The zero-order chi connectivity index (χ0) is 24.8. The van der Waals surface area contributed by atoms with Crippen LogP contribution < -0.4 is 4.74 Å². The first-order chi connectivity index (χ1) is 16.7. The van der Waals surface area contributed by atoms with Gasteiger partial charge in [-0.3, -0.25) is 0 Å². The Labute approximate surface area is 204 Å². The van der Waals surface area contributed by atoms with E-state index >= 15 is 0 Å². The molecule has 1 N–H and O–H groups in total. The largest absolute Gasteiger partial charge is 0.497 e. The molecule has 186 valence electrons. The van der Waals surface area contributed by atoms with E-state index in [0.717, 1.165) is 35.6 Å². The second-order valence-corrected chi connectivity index (χ2v) is 10.8. The number of carboxylic acid groups (broad SMARTS) is 1. The first-order valence-corrected chi connectivity index (χ1v) is 12.5. The zero-order valence-corrected chi connectivity index (χ0v) is 19.9. The maximum Gasteiger partial charge on any atom is 0.416 e. The van der Waals surface area contributed by atoms with Gasteiger partial charge in [-0.15, -0.1) is 0 Å². The van der Waals surface area contributed by atoms with Crippen molar-refractivity contribution in [1.82, 2.24) is 0 Å². The normalized spacial score (nSPS) is 27.8. The number of aliphatic carboxylic acids is 1. The van der Waals surface area contributed by atoms with Gasteiger partial charge in [0.15, 0.2) is 0 Å². The van der Waals surface area contributed by atoms with E-state index < -0.39 is 17.7 Å². The average Bonchev–Trinajstić information content (AvgIpc) is 2.80. The minimum Gasteiger partial charge on any atom is -0.497 e. The molecule has 0 spiro atoms. The Balaban J connectivity index is 1.42. The summed E-state index contributed by atoms with van der Waals surface area (Å²) < 4.78 is 45.0. The van der Waals surface area contributed by atoms with E-state index in [1.165, 1.54) is 61.8 Å². The summed E-state index contributed by atoms with van der Waals surface area (Å²) >= 11 is 0. The second-order valence-electron chi connectivity index (χ2n) is 10.8. The number of carbonyl (C=O) groups is 1. The topological polar surface area (TPSA) is 46.5 Å². The van der Waals surface area contributed by atoms with E-state index in [-0.39, 0.29) is 16.6 Å². The summed E-state index contributed by atoms with van der Waals surface area (Å²) in [6.45, 7) is 0. The predicted octanol–water partition coefficient (Wildman–Crippen LogP) is 7.28. The lowest BCUT2D eigenvalue weighted by Gasteiger charge is -2.57. The molecule has 35 heavy (non-hydrogen) atoms. The van der Waals surface area contributed by atoms with Crippen molar-refractivity contribution >= 4 is 11.5 Å². The summed E-state index contributed by atoms with van der Waals surface area (Å²) in [6.07, 6.45) is 5.78. The molecule has 0 unspecified atom stereocenters. The molecule has 0 saturated heterocycles. The van der Waals surface area contributed by atoms with Gasteiger partial charge in [0, 0.05) is 0 Å². The molecule has 3 nitrogen and oxygen atoms in total. The Hall–Kier alpha value is -2.76. The predicted molar refractivity (Wildman–Crippen MR) is 128 cm³/mol. The number of ether oxygens (including phenoxy) is 1. The molecular weight excluding hydrogens is 453 g/mol. The number of alkyl halides is 3. The van der Waals surface area contributed by atoms with Crippen LogP contribution in [0.25, 0.3) is 5.57 Å². The molecular formula is C29H31F3O3. The minimum atomic E-state index is -4.52. The third kappa shape index (κ3) is 4.72. The molecule has 0 atom stereocenters. The van der Waals surface area contributed by atoms with E-state index in [0.29, 0.717) is 12.8 Å². The molecule has 0 radical (unpaired) electrons. The fourth-order valence-corrected chi connectivity index (χ4v) is 7.40. The smallest absolute Gasteiger partial charge is 0.416 e. The van der Waals surface area contributed by atoms with Crippen LogP contribution in [-0.2, 0) is 22.8 Å². The van der Waals surface area contributed by atoms with Crippen molar-refractivity contribution in [1.29, 1.82) is 0 Å². The Kier molecular flexibility index (Phi) is 6.18. The number of carboxylic acids is 1. The average molecular weight is 485 g/mol. The molecule has 4 bridgehead atoms. The van der Waals surface area contributed by atoms with Gasteiger partial charge in [0.05, 0.1) is 18.2 Å². The number of aryl methyl sites for hydroxylation is 1. The maximum absolute atomic E-state index is 13.1. The highest BCUT2D eigenvalue weighted by Crippen LogP contribution is 2.61. The van der Waals surface area contributed by atoms with Crippen LogP contribution in [0.15, 0.2) is 48.5 Å². The van der Waals surface area contributed by atoms with Crippen LogP contribution in [0.1, 0.15) is 67.2 Å². The molecule has 4 saturated carbocycles. The minimum absolute atomic E-state index is 0.0726. The van der Waals surface area contributed by atoms with E-state index in [2.05, 4.69) is 12.1 Å². The lowest BCUT2D eigenvalue weighted by Crippen LogP contribution is -2.48. The van der Waals surface area contributed by atoms with Gasteiger partial charge >= 0.3 is 12.1 Å². The van der Waals surface area contributed by atoms with Crippen molar-refractivity contribution in [3.05, 3.63) is 70.8 Å². The van der Waals surface area contributed by atoms with Gasteiger partial charge in [-0.25, -0.2) is 4.79 Å². The first-order valence-electron chi connectivity index (χ1n) is 12.5. The molecule has 2 aromatic carbocycles. The van der Waals surface area contributed by atoms with Crippen LogP contribution in [0.4, 0.5) is 13.2 Å². The summed E-state index contributed by atoms with van der Waals surface area (Å²) in [5.74, 6) is 1.99. The molecule has 0 amide bonds. The van der Waals surface area contributed by atoms with Gasteiger partial charge in [-0.2, -0.15) is 13.2 Å². The van der Waals surface area contributed by atoms with Crippen LogP contribution >= 0.6 is 0 Å². The lowest BCUT2D eigenvalue weighted by atomic mass is 9.47. The van der Waals surface area contributed by atoms with Gasteiger partial charge in [-0.1, -0.05) is 24.3 Å². The number of benzene rings is 2. The molecule has 6 heteroatoms. The second kappa shape index (κ2) is 9.03. The molecule has 4 aliphatic rings. The van der Waals surface area contributed by atoms with Crippen molar-refractivity contribution < 1.29 is 27.8 Å². The highest BCUT2D eigenvalue weighted by molar-refractivity contribution is 6.15. The van der Waals surface area contributed by atoms with E-state index in [9.17, 15) is 23.1 Å². The summed E-state index contributed by atoms with van der Waals surface area (Å²) in [5.41, 5.74) is 1.82. The van der Waals surface area contributed by atoms with Crippen molar-refractivity contribution in [2.24, 2.45) is 17.8 Å². The van der Waals surface area contributed by atoms with Gasteiger partial charge in [0.1, 0.15) is 5.75 Å². The van der Waals surface area contributed by atoms with E-state index in [1.807, 2.05) is 6.07 Å². The van der Waals surface area contributed by atoms with E-state index in [4.69, 9.17) is 4.74 Å². The highest BCUT2D eigenvalue weighted by Gasteiger charge is 2.52. The third-order valence-electron chi connectivity index (χ3n) is 8.42. The number of methoxy groups -OCH3 is 1. The quantitative estimate of drug-likeness (QED) is 0.420. The van der Waals surface area contributed by atoms with Crippen LogP contribution in [0.5, 0.6) is 5.75 Å². The summed E-state index contributed by atoms with van der Waals surface area (Å²) in [7, 11) is 1.68. The Morgan fingerprint density at radius 3 is 2.29 bits per heavy atom. The number of hydrogen-bond donors (Lipinski definition) is 1. The molecule has 0 aliphatic heterocycles. The molecule has 4 aliphatic carbocycles. The molecule has 6 rings (SSSR count). The van der Waals surface area contributed by atoms with Crippen molar-refractivity contribution in [2.75, 3.05) is 7.11 Å². The Morgan fingerprint density at radius 1 is 1.06 bits per heavy atom. The van der Waals surface area contributed by atoms with Crippen LogP contribution in [-0.4, -0.2) is 18.2 Å². The van der Waals surface area contributed by atoms with Crippen LogP contribution in [0.2, 0.25) is 0 Å². The fourth-order valence-electron chi connectivity index (χ4n) is 7.40. The fraction of sp³-hybridized carbons (Fsp3) is 0.483. The van der Waals surface area contributed by atoms with Crippen LogP contribution in [0.3, 0.4) is 0 Å². The molecule has 2 aromatic rings. The van der Waals surface area contributed by atoms with Gasteiger partial charge in [-0.05, 0) is 115 Å². The monoisotopic (exact) mass is 484 g/mol. The number of hydrogen-bond acceptors (Lipinski definition) is 2. The number of rotatable bonds is 7. The van der Waals surface area contributed by atoms with Crippen LogP contribution in [0, 0.1) is 17.8 Å². The first kappa shape index (κ1) is 24.0. The van der Waals surface area contributed by atoms with Crippen molar-refractivity contribution in [3.8, 4) is 5.75 Å². The van der Waals surface area contributed by atoms with Gasteiger partial charge in [0.2, 0.25) is 0 Å². The summed E-state index contributed by atoms with van der Waals surface area (Å²) in [5, 5.41) is 9.73. The summed E-state index contributed by atoms with van der Waals surface area (Å²) in [4.78, 5) is 11.9. The third-order valence-corrected chi connectivity index (χ3v) is 8.42. The van der Waals surface area contributed by atoms with Crippen molar-refractivity contribution in [2.45, 2.75) is 63.0 Å². The molecule has 4 fully saturated rings. The maximum atomic E-state index is 13.1.